The third-order valence-electron chi connectivity index (χ3n) is 5.26. The van der Waals surface area contributed by atoms with Crippen LogP contribution in [0.4, 0.5) is 0 Å². The number of fused-ring (bicyclic) bond motifs is 1. The van der Waals surface area contributed by atoms with Crippen LogP contribution in [0.3, 0.4) is 0 Å². The molecular weight excluding hydrogens is 436 g/mol. The number of thioether (sulfide) groups is 1. The van der Waals surface area contributed by atoms with Crippen LogP contribution in [-0.2, 0) is 19.1 Å². The van der Waals surface area contributed by atoms with E-state index in [1.54, 1.807) is 18.3 Å². The molecule has 0 radical (unpaired) electrons. The lowest BCUT2D eigenvalue weighted by atomic mass is 10.1. The highest BCUT2D eigenvalue weighted by molar-refractivity contribution is 7.99. The maximum absolute atomic E-state index is 13.0. The molecule has 2 aliphatic rings. The Labute approximate surface area is 187 Å². The minimum Gasteiger partial charge on any atom is -0.434 e. The third kappa shape index (κ3) is 4.83. The van der Waals surface area contributed by atoms with Gasteiger partial charge < -0.3 is 25.4 Å². The molecule has 2 saturated heterocycles. The topological polar surface area (TPSA) is 138 Å². The zero-order valence-corrected chi connectivity index (χ0v) is 17.8. The number of ether oxygens (including phenoxy) is 1. The molecule has 168 valence electrons. The Bertz CT molecular complexity index is 1060. The standard InChI is InChI=1S/C21H22N4O6S/c26-16(23-14-9-17(27)31-21(14)30)10-25-7-8-32-11-15(20(25)29)24-19(28)18-13-4-2-1-3-12(13)5-6-22-18/h1-6,14-15,21,30H,7-11H2,(H,23,26)(H,24,28). The number of benzene rings is 1. The summed E-state index contributed by atoms with van der Waals surface area (Å²) in [6.45, 7) is 0.0775. The van der Waals surface area contributed by atoms with Crippen molar-refractivity contribution < 1.29 is 29.0 Å². The van der Waals surface area contributed by atoms with E-state index in [-0.39, 0.29) is 24.6 Å². The van der Waals surface area contributed by atoms with Crippen LogP contribution in [0.5, 0.6) is 0 Å². The number of aromatic nitrogens is 1. The van der Waals surface area contributed by atoms with Gasteiger partial charge in [-0.1, -0.05) is 24.3 Å². The lowest BCUT2D eigenvalue weighted by Crippen LogP contribution is -2.52. The summed E-state index contributed by atoms with van der Waals surface area (Å²) in [7, 11) is 0. The normalized spacial score (nSPS) is 23.5. The van der Waals surface area contributed by atoms with Gasteiger partial charge >= 0.3 is 5.97 Å². The molecule has 0 spiro atoms. The number of nitrogens with one attached hydrogen (secondary N) is 2. The molecule has 3 N–H and O–H groups in total. The largest absolute Gasteiger partial charge is 0.434 e. The average molecular weight is 458 g/mol. The number of pyridine rings is 1. The summed E-state index contributed by atoms with van der Waals surface area (Å²) in [5.41, 5.74) is 0.231. The van der Waals surface area contributed by atoms with Crippen LogP contribution >= 0.6 is 11.8 Å². The molecule has 0 bridgehead atoms. The Morgan fingerprint density at radius 2 is 2.03 bits per heavy atom. The van der Waals surface area contributed by atoms with Gasteiger partial charge in [0.2, 0.25) is 18.1 Å². The van der Waals surface area contributed by atoms with E-state index >= 15 is 0 Å². The van der Waals surface area contributed by atoms with Gasteiger partial charge in [-0.15, -0.1) is 0 Å². The van der Waals surface area contributed by atoms with Gasteiger partial charge in [0.15, 0.2) is 0 Å². The van der Waals surface area contributed by atoms with E-state index in [2.05, 4.69) is 20.4 Å². The number of nitrogens with zero attached hydrogens (tertiary/aromatic N) is 2. The van der Waals surface area contributed by atoms with E-state index in [0.717, 1.165) is 5.39 Å². The molecule has 0 aliphatic carbocycles. The third-order valence-corrected chi connectivity index (χ3v) is 6.30. The first kappa shape index (κ1) is 22.0. The number of aliphatic hydroxyl groups excluding tert-OH is 1. The molecular formula is C21H22N4O6S. The van der Waals surface area contributed by atoms with Gasteiger partial charge in [0.1, 0.15) is 17.8 Å². The fourth-order valence-corrected chi connectivity index (χ4v) is 4.64. The van der Waals surface area contributed by atoms with Crippen molar-refractivity contribution in [2.24, 2.45) is 0 Å². The molecule has 4 rings (SSSR count). The van der Waals surface area contributed by atoms with Crippen molar-refractivity contribution in [2.75, 3.05) is 24.6 Å². The van der Waals surface area contributed by atoms with Gasteiger partial charge in [-0.3, -0.25) is 24.2 Å². The van der Waals surface area contributed by atoms with Crippen LogP contribution in [0.25, 0.3) is 10.8 Å². The van der Waals surface area contributed by atoms with Crippen LogP contribution in [0.15, 0.2) is 36.5 Å². The Morgan fingerprint density at radius 1 is 1.22 bits per heavy atom. The second kappa shape index (κ2) is 9.53. The van der Waals surface area contributed by atoms with Gasteiger partial charge in [-0.05, 0) is 11.5 Å². The van der Waals surface area contributed by atoms with Crippen LogP contribution in [-0.4, -0.2) is 81.7 Å². The van der Waals surface area contributed by atoms with Crippen molar-refractivity contribution in [1.82, 2.24) is 20.5 Å². The van der Waals surface area contributed by atoms with E-state index in [1.165, 1.54) is 16.7 Å². The minimum atomic E-state index is -1.40. The predicted octanol–water partition coefficient (Wildman–Crippen LogP) is -0.341. The molecule has 11 heteroatoms. The van der Waals surface area contributed by atoms with Gasteiger partial charge in [-0.2, -0.15) is 11.8 Å². The van der Waals surface area contributed by atoms with Crippen molar-refractivity contribution >= 4 is 46.2 Å². The number of hydrogen-bond donors (Lipinski definition) is 3. The van der Waals surface area contributed by atoms with Gasteiger partial charge in [0, 0.05) is 29.6 Å². The van der Waals surface area contributed by atoms with Crippen molar-refractivity contribution in [3.05, 3.63) is 42.2 Å². The summed E-state index contributed by atoms with van der Waals surface area (Å²) in [4.78, 5) is 55.1. The molecule has 2 aliphatic heterocycles. The van der Waals surface area contributed by atoms with Crippen molar-refractivity contribution in [3.63, 3.8) is 0 Å². The lowest BCUT2D eigenvalue weighted by Gasteiger charge is -2.25. The van der Waals surface area contributed by atoms with Gasteiger partial charge in [-0.25, -0.2) is 0 Å². The molecule has 2 fully saturated rings. The van der Waals surface area contributed by atoms with E-state index in [0.29, 0.717) is 23.4 Å². The monoisotopic (exact) mass is 458 g/mol. The SMILES string of the molecule is O=C(CN1CCSCC(NC(=O)c2nccc3ccccc23)C1=O)NC1CC(=O)OC1O. The molecule has 1 aromatic carbocycles. The Morgan fingerprint density at radius 3 is 2.81 bits per heavy atom. The highest BCUT2D eigenvalue weighted by Gasteiger charge is 2.36. The zero-order valence-electron chi connectivity index (χ0n) is 17.0. The molecule has 3 heterocycles. The summed E-state index contributed by atoms with van der Waals surface area (Å²) in [5.74, 6) is -0.985. The number of rotatable bonds is 5. The molecule has 1 aromatic heterocycles. The molecule has 2 aromatic rings. The number of cyclic esters (lactones) is 1. The molecule has 10 nitrogen and oxygen atoms in total. The summed E-state index contributed by atoms with van der Waals surface area (Å²) in [6, 6.07) is 7.49. The van der Waals surface area contributed by atoms with Crippen molar-refractivity contribution in [3.8, 4) is 0 Å². The molecule has 3 amide bonds. The fraction of sp³-hybridized carbons (Fsp3) is 0.381. The molecule has 0 saturated carbocycles. The van der Waals surface area contributed by atoms with E-state index in [9.17, 15) is 24.3 Å². The predicted molar refractivity (Wildman–Crippen MR) is 116 cm³/mol. The fourth-order valence-electron chi connectivity index (χ4n) is 3.66. The number of carbonyl (C=O) groups is 4. The van der Waals surface area contributed by atoms with E-state index in [4.69, 9.17) is 0 Å². The van der Waals surface area contributed by atoms with Crippen molar-refractivity contribution in [1.29, 1.82) is 0 Å². The Balaban J connectivity index is 1.42. The number of amides is 3. The average Bonchev–Trinajstić information content (AvgIpc) is 2.99. The number of esters is 1. The van der Waals surface area contributed by atoms with Crippen LogP contribution in [0, 0.1) is 0 Å². The minimum absolute atomic E-state index is 0.132. The first-order valence-electron chi connectivity index (χ1n) is 10.1. The highest BCUT2D eigenvalue weighted by Crippen LogP contribution is 2.18. The Hall–Kier alpha value is -3.18. The van der Waals surface area contributed by atoms with Gasteiger partial charge in [0.25, 0.3) is 5.91 Å². The smallest absolute Gasteiger partial charge is 0.310 e. The summed E-state index contributed by atoms with van der Waals surface area (Å²) >= 11 is 1.50. The highest BCUT2D eigenvalue weighted by atomic mass is 32.2. The van der Waals surface area contributed by atoms with Crippen LogP contribution in [0.2, 0.25) is 0 Å². The zero-order chi connectivity index (χ0) is 22.7. The number of carbonyl (C=O) groups excluding carboxylic acids is 4. The van der Waals surface area contributed by atoms with Crippen LogP contribution in [0.1, 0.15) is 16.9 Å². The second-order valence-corrected chi connectivity index (χ2v) is 8.65. The quantitative estimate of drug-likeness (QED) is 0.518. The summed E-state index contributed by atoms with van der Waals surface area (Å²) < 4.78 is 4.60. The molecule has 3 unspecified atom stereocenters. The van der Waals surface area contributed by atoms with Crippen molar-refractivity contribution in [2.45, 2.75) is 24.8 Å². The number of aliphatic hydroxyl groups is 1. The maximum atomic E-state index is 13.0. The maximum Gasteiger partial charge on any atom is 0.310 e. The molecule has 3 atom stereocenters. The lowest BCUT2D eigenvalue weighted by molar-refractivity contribution is -0.155. The number of hydrogen-bond acceptors (Lipinski definition) is 8. The van der Waals surface area contributed by atoms with E-state index in [1.807, 2.05) is 18.2 Å². The Kier molecular flexibility index (Phi) is 6.56. The summed E-state index contributed by atoms with van der Waals surface area (Å²) in [5, 5.41) is 16.5. The second-order valence-electron chi connectivity index (χ2n) is 7.50. The van der Waals surface area contributed by atoms with Gasteiger partial charge in [0.05, 0.1) is 13.0 Å². The van der Waals surface area contributed by atoms with Crippen LogP contribution < -0.4 is 10.6 Å². The summed E-state index contributed by atoms with van der Waals surface area (Å²) in [6.07, 6.45) is 0.0127. The first-order valence-corrected chi connectivity index (χ1v) is 11.3. The molecule has 32 heavy (non-hydrogen) atoms. The first-order chi connectivity index (χ1) is 15.4. The van der Waals surface area contributed by atoms with E-state index < -0.39 is 36.2 Å².